The van der Waals surface area contributed by atoms with Gasteiger partial charge in [0, 0.05) is 37.1 Å². The van der Waals surface area contributed by atoms with Gasteiger partial charge in [-0.15, -0.1) is 0 Å². The number of carbonyl (C=O) groups is 1. The van der Waals surface area contributed by atoms with Gasteiger partial charge in [0.2, 0.25) is 5.76 Å². The normalized spacial score (nSPS) is 18.0. The molecule has 0 bridgehead atoms. The van der Waals surface area contributed by atoms with E-state index in [2.05, 4.69) is 22.2 Å². The molecule has 0 aliphatic carbocycles. The first kappa shape index (κ1) is 15.8. The van der Waals surface area contributed by atoms with Crippen LogP contribution in [0.15, 0.2) is 22.9 Å². The van der Waals surface area contributed by atoms with Crippen LogP contribution in [0.25, 0.3) is 11.0 Å². The van der Waals surface area contributed by atoms with Crippen LogP contribution in [0.4, 0.5) is 0 Å². The summed E-state index contributed by atoms with van der Waals surface area (Å²) in [4.78, 5) is 23.4. The van der Waals surface area contributed by atoms with Gasteiger partial charge in [-0.05, 0) is 38.8 Å². The largest absolute Gasteiger partial charge is 0.438 e. The van der Waals surface area contributed by atoms with Gasteiger partial charge in [0.1, 0.15) is 0 Å². The fraction of sp³-hybridized carbons (Fsp3) is 0.444. The van der Waals surface area contributed by atoms with Crippen molar-refractivity contribution in [3.63, 3.8) is 0 Å². The highest BCUT2D eigenvalue weighted by atomic mass is 16.3. The van der Waals surface area contributed by atoms with E-state index in [1.165, 1.54) is 6.39 Å². The van der Waals surface area contributed by atoms with E-state index >= 15 is 0 Å². The maximum absolute atomic E-state index is 12.7. The predicted molar refractivity (Wildman–Crippen MR) is 92.4 cm³/mol. The van der Waals surface area contributed by atoms with E-state index in [4.69, 9.17) is 9.40 Å². The molecule has 1 fully saturated rings. The minimum absolute atomic E-state index is 0.0860. The lowest BCUT2D eigenvalue weighted by Crippen LogP contribution is -2.39. The SMILES string of the molecule is Cc1ncoc1C(=O)N1CCCC(c2ccc3c(C)nn(C)c3n2)C1. The molecule has 4 heterocycles. The molecule has 1 aliphatic heterocycles. The van der Waals surface area contributed by atoms with Crippen LogP contribution in [0.1, 0.15) is 46.4 Å². The highest BCUT2D eigenvalue weighted by Gasteiger charge is 2.29. The Bertz CT molecular complexity index is 942. The molecule has 1 atom stereocenters. The number of oxazole rings is 1. The number of pyridine rings is 1. The number of fused-ring (bicyclic) bond motifs is 1. The van der Waals surface area contributed by atoms with E-state index in [9.17, 15) is 4.79 Å². The molecule has 0 radical (unpaired) electrons. The average molecular weight is 339 g/mol. The number of hydrogen-bond acceptors (Lipinski definition) is 5. The molecule has 1 unspecified atom stereocenters. The van der Waals surface area contributed by atoms with Crippen LogP contribution in [0.5, 0.6) is 0 Å². The van der Waals surface area contributed by atoms with Crippen LogP contribution >= 0.6 is 0 Å². The molecule has 0 saturated carbocycles. The molecule has 3 aromatic heterocycles. The first-order valence-corrected chi connectivity index (χ1v) is 8.54. The van der Waals surface area contributed by atoms with Crippen LogP contribution in [0.2, 0.25) is 0 Å². The molecule has 7 nitrogen and oxygen atoms in total. The zero-order valence-corrected chi connectivity index (χ0v) is 14.7. The first-order chi connectivity index (χ1) is 12.0. The molecule has 1 saturated heterocycles. The van der Waals surface area contributed by atoms with E-state index in [0.29, 0.717) is 18.0 Å². The number of likely N-dealkylation sites (tertiary alicyclic amines) is 1. The van der Waals surface area contributed by atoms with Crippen molar-refractivity contribution in [2.75, 3.05) is 13.1 Å². The second kappa shape index (κ2) is 5.98. The third kappa shape index (κ3) is 2.69. The van der Waals surface area contributed by atoms with Crippen molar-refractivity contribution in [1.82, 2.24) is 24.6 Å². The highest BCUT2D eigenvalue weighted by molar-refractivity contribution is 5.92. The molecule has 25 heavy (non-hydrogen) atoms. The quantitative estimate of drug-likeness (QED) is 0.717. The highest BCUT2D eigenvalue weighted by Crippen LogP contribution is 2.28. The van der Waals surface area contributed by atoms with Gasteiger partial charge in [-0.25, -0.2) is 9.97 Å². The van der Waals surface area contributed by atoms with Crippen LogP contribution in [-0.2, 0) is 7.05 Å². The molecule has 0 aromatic carbocycles. The third-order valence-corrected chi connectivity index (χ3v) is 4.96. The summed E-state index contributed by atoms with van der Waals surface area (Å²) in [6.45, 7) is 5.17. The molecule has 0 spiro atoms. The lowest BCUT2D eigenvalue weighted by molar-refractivity contribution is 0.0672. The molecular weight excluding hydrogens is 318 g/mol. The Kier molecular flexibility index (Phi) is 3.78. The van der Waals surface area contributed by atoms with E-state index in [1.54, 1.807) is 6.92 Å². The molecule has 7 heteroatoms. The molecule has 0 N–H and O–H groups in total. The van der Waals surface area contributed by atoms with Crippen LogP contribution in [-0.4, -0.2) is 43.6 Å². The summed E-state index contributed by atoms with van der Waals surface area (Å²) in [5.74, 6) is 0.476. The Hall–Kier alpha value is -2.70. The molecular formula is C18H21N5O2. The van der Waals surface area contributed by atoms with Gasteiger partial charge in [-0.2, -0.15) is 5.10 Å². The number of aromatic nitrogens is 4. The van der Waals surface area contributed by atoms with Gasteiger partial charge in [-0.1, -0.05) is 0 Å². The van der Waals surface area contributed by atoms with Crippen LogP contribution in [0, 0.1) is 13.8 Å². The summed E-state index contributed by atoms with van der Waals surface area (Å²) in [6, 6.07) is 4.15. The van der Waals surface area contributed by atoms with Crippen molar-refractivity contribution >= 4 is 16.9 Å². The molecule has 130 valence electrons. The topological polar surface area (TPSA) is 77.0 Å². The first-order valence-electron chi connectivity index (χ1n) is 8.54. The standard InChI is InChI=1S/C18H21N5O2/c1-11-14-6-7-15(20-17(14)22(3)21-11)13-5-4-8-23(9-13)18(24)16-12(2)19-10-25-16/h6-7,10,13H,4-5,8-9H2,1-3H3. The van der Waals surface area contributed by atoms with Gasteiger partial charge in [0.15, 0.2) is 12.0 Å². The minimum atomic E-state index is -0.0860. The second-order valence-electron chi connectivity index (χ2n) is 6.67. The average Bonchev–Trinajstić information content (AvgIpc) is 3.17. The van der Waals surface area contributed by atoms with E-state index in [-0.39, 0.29) is 11.8 Å². The lowest BCUT2D eigenvalue weighted by atomic mass is 9.94. The van der Waals surface area contributed by atoms with Crippen molar-refractivity contribution in [2.45, 2.75) is 32.6 Å². The van der Waals surface area contributed by atoms with Crippen LogP contribution in [0.3, 0.4) is 0 Å². The Morgan fingerprint density at radius 3 is 2.88 bits per heavy atom. The Morgan fingerprint density at radius 1 is 1.28 bits per heavy atom. The van der Waals surface area contributed by atoms with Gasteiger partial charge >= 0.3 is 0 Å². The summed E-state index contributed by atoms with van der Waals surface area (Å²) in [6.07, 6.45) is 3.30. The summed E-state index contributed by atoms with van der Waals surface area (Å²) in [5, 5.41) is 5.51. The van der Waals surface area contributed by atoms with Crippen LogP contribution < -0.4 is 0 Å². The Morgan fingerprint density at radius 2 is 2.12 bits per heavy atom. The maximum Gasteiger partial charge on any atom is 0.291 e. The molecule has 3 aromatic rings. The number of hydrogen-bond donors (Lipinski definition) is 0. The smallest absolute Gasteiger partial charge is 0.291 e. The lowest BCUT2D eigenvalue weighted by Gasteiger charge is -2.32. The number of amides is 1. The van der Waals surface area contributed by atoms with Gasteiger partial charge in [0.25, 0.3) is 5.91 Å². The van der Waals surface area contributed by atoms with E-state index in [1.807, 2.05) is 23.6 Å². The van der Waals surface area contributed by atoms with E-state index < -0.39 is 0 Å². The Balaban J connectivity index is 1.60. The summed E-state index contributed by atoms with van der Waals surface area (Å²) in [7, 11) is 1.91. The van der Waals surface area contributed by atoms with Crippen molar-refractivity contribution in [3.8, 4) is 0 Å². The van der Waals surface area contributed by atoms with Crippen molar-refractivity contribution in [3.05, 3.63) is 41.4 Å². The summed E-state index contributed by atoms with van der Waals surface area (Å²) >= 11 is 0. The second-order valence-corrected chi connectivity index (χ2v) is 6.67. The third-order valence-electron chi connectivity index (χ3n) is 4.96. The number of piperidine rings is 1. The minimum Gasteiger partial charge on any atom is -0.438 e. The molecule has 1 amide bonds. The maximum atomic E-state index is 12.7. The zero-order valence-electron chi connectivity index (χ0n) is 14.7. The monoisotopic (exact) mass is 339 g/mol. The summed E-state index contributed by atoms with van der Waals surface area (Å²) in [5.41, 5.74) is 3.53. The zero-order chi connectivity index (χ0) is 17.6. The van der Waals surface area contributed by atoms with Gasteiger partial charge in [-0.3, -0.25) is 9.48 Å². The number of carbonyl (C=O) groups excluding carboxylic acids is 1. The fourth-order valence-electron chi connectivity index (χ4n) is 3.60. The Labute approximate surface area is 145 Å². The molecule has 1 aliphatic rings. The van der Waals surface area contributed by atoms with Crippen molar-refractivity contribution in [1.29, 1.82) is 0 Å². The van der Waals surface area contributed by atoms with E-state index in [0.717, 1.165) is 41.8 Å². The van der Waals surface area contributed by atoms with Crippen molar-refractivity contribution < 1.29 is 9.21 Å². The van der Waals surface area contributed by atoms with Gasteiger partial charge in [0.05, 0.1) is 11.4 Å². The number of rotatable bonds is 2. The predicted octanol–water partition coefficient (Wildman–Crippen LogP) is 2.59. The molecule has 4 rings (SSSR count). The van der Waals surface area contributed by atoms with Crippen molar-refractivity contribution in [2.24, 2.45) is 7.05 Å². The summed E-state index contributed by atoms with van der Waals surface area (Å²) < 4.78 is 7.08. The fourth-order valence-corrected chi connectivity index (χ4v) is 3.60. The number of aryl methyl sites for hydroxylation is 3. The van der Waals surface area contributed by atoms with Gasteiger partial charge < -0.3 is 9.32 Å². The number of nitrogens with zero attached hydrogens (tertiary/aromatic N) is 5.